The van der Waals surface area contributed by atoms with Gasteiger partial charge in [-0.2, -0.15) is 4.98 Å². The summed E-state index contributed by atoms with van der Waals surface area (Å²) in [5.41, 5.74) is 1.15. The van der Waals surface area contributed by atoms with Crippen LogP contribution in [0.25, 0.3) is 11.0 Å². The van der Waals surface area contributed by atoms with Crippen LogP contribution in [-0.2, 0) is 7.05 Å². The third kappa shape index (κ3) is 3.12. The number of nitrogens with zero attached hydrogens (tertiary/aromatic N) is 3. The maximum atomic E-state index is 12.6. The van der Waals surface area contributed by atoms with Crippen LogP contribution in [0.1, 0.15) is 0 Å². The van der Waals surface area contributed by atoms with Gasteiger partial charge >= 0.3 is 0 Å². The van der Waals surface area contributed by atoms with Crippen molar-refractivity contribution in [2.24, 2.45) is 7.05 Å². The van der Waals surface area contributed by atoms with Crippen LogP contribution in [-0.4, -0.2) is 14.5 Å². The highest BCUT2D eigenvalue weighted by molar-refractivity contribution is 5.77. The second-order valence-electron chi connectivity index (χ2n) is 5.75. The van der Waals surface area contributed by atoms with Gasteiger partial charge < -0.3 is 10.1 Å². The number of para-hydroxylation sites is 2. The number of benzene rings is 2. The number of aromatic nitrogens is 3. The van der Waals surface area contributed by atoms with Crippen molar-refractivity contribution in [2.45, 2.75) is 0 Å². The minimum Gasteiger partial charge on any atom is -0.452 e. The third-order valence-corrected chi connectivity index (χ3v) is 3.92. The van der Waals surface area contributed by atoms with Crippen LogP contribution in [0.2, 0.25) is 0 Å². The molecule has 0 bridgehead atoms. The van der Waals surface area contributed by atoms with Gasteiger partial charge in [0.1, 0.15) is 11.4 Å². The molecule has 0 radical (unpaired) electrons. The van der Waals surface area contributed by atoms with Crippen molar-refractivity contribution in [3.05, 3.63) is 83.3 Å². The second kappa shape index (κ2) is 6.68. The Labute approximate surface area is 149 Å². The molecule has 0 saturated heterocycles. The molecule has 4 rings (SSSR count). The van der Waals surface area contributed by atoms with Gasteiger partial charge in [-0.25, -0.2) is 4.98 Å². The Hall–Kier alpha value is -3.67. The van der Waals surface area contributed by atoms with E-state index in [1.54, 1.807) is 31.4 Å². The molecule has 0 unspecified atom stereocenters. The Kier molecular flexibility index (Phi) is 4.07. The first-order valence-electron chi connectivity index (χ1n) is 8.12. The van der Waals surface area contributed by atoms with Gasteiger partial charge in [0.2, 0.25) is 5.95 Å². The minimum atomic E-state index is -0.259. The molecule has 0 fully saturated rings. The van der Waals surface area contributed by atoms with Crippen molar-refractivity contribution < 1.29 is 4.74 Å². The Balaban J connectivity index is 1.72. The quantitative estimate of drug-likeness (QED) is 0.609. The molecule has 0 amide bonds. The zero-order valence-electron chi connectivity index (χ0n) is 14.1. The average molecular weight is 344 g/mol. The molecule has 0 aliphatic carbocycles. The van der Waals surface area contributed by atoms with Crippen molar-refractivity contribution in [1.29, 1.82) is 0 Å². The van der Waals surface area contributed by atoms with E-state index in [1.165, 1.54) is 4.57 Å². The van der Waals surface area contributed by atoms with Crippen LogP contribution in [0, 0.1) is 0 Å². The van der Waals surface area contributed by atoms with Crippen molar-refractivity contribution in [3.8, 4) is 11.5 Å². The molecular weight excluding hydrogens is 328 g/mol. The van der Waals surface area contributed by atoms with Crippen molar-refractivity contribution in [2.75, 3.05) is 5.32 Å². The largest absolute Gasteiger partial charge is 0.452 e. The summed E-state index contributed by atoms with van der Waals surface area (Å²) in [6, 6.07) is 20.5. The summed E-state index contributed by atoms with van der Waals surface area (Å²) in [7, 11) is 1.67. The summed E-state index contributed by atoms with van der Waals surface area (Å²) in [4.78, 5) is 21.4. The summed E-state index contributed by atoms with van der Waals surface area (Å²) >= 11 is 0. The maximum Gasteiger partial charge on any atom is 0.294 e. The maximum absolute atomic E-state index is 12.6. The van der Waals surface area contributed by atoms with E-state index >= 15 is 0 Å². The highest BCUT2D eigenvalue weighted by atomic mass is 16.5. The van der Waals surface area contributed by atoms with Crippen molar-refractivity contribution >= 4 is 22.7 Å². The van der Waals surface area contributed by atoms with E-state index in [0.717, 1.165) is 11.1 Å². The van der Waals surface area contributed by atoms with Crippen LogP contribution < -0.4 is 15.6 Å². The summed E-state index contributed by atoms with van der Waals surface area (Å²) in [6.07, 6.45) is 1.67. The Bertz CT molecular complexity index is 1110. The van der Waals surface area contributed by atoms with Crippen LogP contribution in [0.5, 0.6) is 11.5 Å². The molecule has 0 spiro atoms. The Morgan fingerprint density at radius 1 is 1.00 bits per heavy atom. The van der Waals surface area contributed by atoms with Gasteiger partial charge in [0.15, 0.2) is 5.75 Å². The molecule has 6 heteroatoms. The topological polar surface area (TPSA) is 69.0 Å². The zero-order valence-corrected chi connectivity index (χ0v) is 14.1. The van der Waals surface area contributed by atoms with E-state index < -0.39 is 0 Å². The molecule has 0 aliphatic heterocycles. The number of pyridine rings is 1. The molecule has 2 aromatic carbocycles. The Morgan fingerprint density at radius 3 is 2.42 bits per heavy atom. The predicted molar refractivity (Wildman–Crippen MR) is 101 cm³/mol. The number of hydrogen-bond acceptors (Lipinski definition) is 5. The van der Waals surface area contributed by atoms with Crippen molar-refractivity contribution in [1.82, 2.24) is 14.5 Å². The van der Waals surface area contributed by atoms with Crippen LogP contribution in [0.15, 0.2) is 77.7 Å². The number of rotatable bonds is 4. The molecule has 0 atom stereocenters. The first-order valence-corrected chi connectivity index (χ1v) is 8.12. The molecule has 26 heavy (non-hydrogen) atoms. The molecule has 6 nitrogen and oxygen atoms in total. The van der Waals surface area contributed by atoms with Crippen molar-refractivity contribution in [3.63, 3.8) is 0 Å². The fraction of sp³-hybridized carbons (Fsp3) is 0.0500. The van der Waals surface area contributed by atoms with E-state index in [0.29, 0.717) is 17.3 Å². The third-order valence-electron chi connectivity index (χ3n) is 3.92. The van der Waals surface area contributed by atoms with E-state index in [1.807, 2.05) is 48.5 Å². The standard InChI is InChI=1S/C20H16N4O2/c1-24-18-14(12-17(19(24)25)26-16-10-6-3-7-11-16)13-21-20(23-18)22-15-8-4-2-5-9-15/h2-13H,1H3,(H,21,22,23). The van der Waals surface area contributed by atoms with E-state index in [9.17, 15) is 4.79 Å². The first kappa shape index (κ1) is 15.8. The first-order chi connectivity index (χ1) is 12.7. The van der Waals surface area contributed by atoms with Gasteiger partial charge in [-0.05, 0) is 30.3 Å². The monoisotopic (exact) mass is 344 g/mol. The summed E-state index contributed by atoms with van der Waals surface area (Å²) in [5, 5.41) is 3.85. The summed E-state index contributed by atoms with van der Waals surface area (Å²) < 4.78 is 7.18. The molecule has 2 aromatic heterocycles. The van der Waals surface area contributed by atoms with Gasteiger partial charge in [0, 0.05) is 24.3 Å². The number of nitrogens with one attached hydrogen (secondary N) is 1. The van der Waals surface area contributed by atoms with Crippen LogP contribution >= 0.6 is 0 Å². The lowest BCUT2D eigenvalue weighted by molar-refractivity contribution is 0.471. The summed E-state index contributed by atoms with van der Waals surface area (Å²) in [6.45, 7) is 0. The zero-order chi connectivity index (χ0) is 17.9. The number of aryl methyl sites for hydroxylation is 1. The van der Waals surface area contributed by atoms with Crippen LogP contribution in [0.4, 0.5) is 11.6 Å². The lowest BCUT2D eigenvalue weighted by Gasteiger charge is -2.11. The van der Waals surface area contributed by atoms with Gasteiger partial charge in [0.05, 0.1) is 0 Å². The molecule has 4 aromatic rings. The molecule has 128 valence electrons. The SMILES string of the molecule is Cn1c(=O)c(Oc2ccccc2)cc2cnc(Nc3ccccc3)nc21. The molecule has 0 saturated carbocycles. The number of ether oxygens (including phenoxy) is 1. The predicted octanol–water partition coefficient (Wildman–Crippen LogP) is 3.86. The highest BCUT2D eigenvalue weighted by Crippen LogP contribution is 2.22. The molecule has 0 aliphatic rings. The minimum absolute atomic E-state index is 0.235. The summed E-state index contributed by atoms with van der Waals surface area (Å²) in [5.74, 6) is 1.27. The van der Waals surface area contributed by atoms with Crippen LogP contribution in [0.3, 0.4) is 0 Å². The number of hydrogen-bond donors (Lipinski definition) is 1. The number of fused-ring (bicyclic) bond motifs is 1. The molecule has 2 heterocycles. The van der Waals surface area contributed by atoms with E-state index in [-0.39, 0.29) is 11.3 Å². The highest BCUT2D eigenvalue weighted by Gasteiger charge is 2.11. The smallest absolute Gasteiger partial charge is 0.294 e. The van der Waals surface area contributed by atoms with Gasteiger partial charge in [0.25, 0.3) is 5.56 Å². The van der Waals surface area contributed by atoms with Gasteiger partial charge in [-0.3, -0.25) is 9.36 Å². The van der Waals surface area contributed by atoms with Gasteiger partial charge in [-0.15, -0.1) is 0 Å². The fourth-order valence-electron chi connectivity index (χ4n) is 2.62. The number of anilines is 2. The lowest BCUT2D eigenvalue weighted by atomic mass is 10.3. The normalized spacial score (nSPS) is 10.7. The van der Waals surface area contributed by atoms with E-state index in [4.69, 9.17) is 4.74 Å². The fourth-order valence-corrected chi connectivity index (χ4v) is 2.62. The average Bonchev–Trinajstić information content (AvgIpc) is 2.68. The molecular formula is C20H16N4O2. The lowest BCUT2D eigenvalue weighted by Crippen LogP contribution is -2.19. The Morgan fingerprint density at radius 2 is 1.69 bits per heavy atom. The molecule has 1 N–H and O–H groups in total. The van der Waals surface area contributed by atoms with Gasteiger partial charge in [-0.1, -0.05) is 36.4 Å². The second-order valence-corrected chi connectivity index (χ2v) is 5.75. The van der Waals surface area contributed by atoms with E-state index in [2.05, 4.69) is 15.3 Å².